The summed E-state index contributed by atoms with van der Waals surface area (Å²) in [6, 6.07) is 0. The van der Waals surface area contributed by atoms with Gasteiger partial charge in [-0.3, -0.25) is 9.55 Å². The predicted molar refractivity (Wildman–Crippen MR) is 58.3 cm³/mol. The Morgan fingerprint density at radius 3 is 2.67 bits per heavy atom. The molecule has 0 atom stereocenters. The Kier molecular flexibility index (Phi) is 6.93. The van der Waals surface area contributed by atoms with Gasteiger partial charge in [0.1, 0.15) is 5.84 Å². The van der Waals surface area contributed by atoms with E-state index < -0.39 is 10.4 Å². The van der Waals surface area contributed by atoms with Gasteiger partial charge in [-0.2, -0.15) is 8.42 Å². The molecule has 0 radical (unpaired) electrons. The first-order chi connectivity index (χ1) is 6.99. The largest absolute Gasteiger partial charge is 0.397 e. The van der Waals surface area contributed by atoms with Gasteiger partial charge in [-0.15, -0.1) is 6.58 Å². The van der Waals surface area contributed by atoms with Crippen LogP contribution in [0.1, 0.15) is 13.3 Å². The molecule has 1 aliphatic heterocycles. The topological polar surface area (TPSA) is 88.0 Å². The molecule has 0 aromatic heterocycles. The van der Waals surface area contributed by atoms with Gasteiger partial charge >= 0.3 is 10.4 Å². The second-order valence-corrected chi connectivity index (χ2v) is 3.67. The fraction of sp³-hybridized carbons (Fsp3) is 0.625. The van der Waals surface area contributed by atoms with E-state index in [1.165, 1.54) is 6.92 Å². The fourth-order valence-corrected chi connectivity index (χ4v) is 1.17. The van der Waals surface area contributed by atoms with Gasteiger partial charge in [0.2, 0.25) is 0 Å². The molecule has 0 bridgehead atoms. The lowest BCUT2D eigenvalue weighted by Crippen LogP contribution is -2.17. The summed E-state index contributed by atoms with van der Waals surface area (Å²) in [4.78, 5) is 4.16. The third-order valence-electron chi connectivity index (χ3n) is 1.35. The summed E-state index contributed by atoms with van der Waals surface area (Å²) in [6.45, 7) is 6.98. The Labute approximate surface area is 90.0 Å². The van der Waals surface area contributed by atoms with E-state index in [-0.39, 0.29) is 6.61 Å². The minimum atomic E-state index is -4.17. The molecular weight excluding hydrogens is 220 g/mol. The first kappa shape index (κ1) is 14.1. The first-order valence-corrected chi connectivity index (χ1v) is 5.86. The molecule has 0 saturated carbocycles. The molecule has 1 rings (SSSR count). The average molecular weight is 236 g/mol. The highest BCUT2D eigenvalue weighted by atomic mass is 32.3. The Balaban J connectivity index is 0.000000265. The van der Waals surface area contributed by atoms with E-state index in [0.717, 1.165) is 25.3 Å². The minimum Gasteiger partial charge on any atom is -0.372 e. The van der Waals surface area contributed by atoms with Crippen molar-refractivity contribution in [1.82, 2.24) is 5.32 Å². The normalized spacial score (nSPS) is 14.7. The SMILES string of the molecule is C=CCC1=NCCN1.CCOS(=O)(=O)O. The molecule has 0 aliphatic carbocycles. The maximum absolute atomic E-state index is 9.56. The molecule has 0 unspecified atom stereocenters. The minimum absolute atomic E-state index is 0.0289. The van der Waals surface area contributed by atoms with Crippen LogP contribution < -0.4 is 5.32 Å². The fourth-order valence-electron chi connectivity index (χ4n) is 0.869. The third kappa shape index (κ3) is 9.39. The monoisotopic (exact) mass is 236 g/mol. The Bertz CT molecular complexity index is 311. The van der Waals surface area contributed by atoms with Crippen LogP contribution in [0.2, 0.25) is 0 Å². The van der Waals surface area contributed by atoms with E-state index in [2.05, 4.69) is 21.1 Å². The molecule has 0 aromatic rings. The quantitative estimate of drug-likeness (QED) is 0.544. The summed E-state index contributed by atoms with van der Waals surface area (Å²) in [7, 11) is -4.17. The van der Waals surface area contributed by atoms with Gasteiger partial charge in [-0.05, 0) is 6.92 Å². The molecule has 88 valence electrons. The standard InChI is InChI=1S/C6H10N2.C2H6O4S/c1-2-3-6-7-4-5-8-6;1-2-6-7(3,4)5/h2H,1,3-5H2,(H,7,8);2H2,1H3,(H,3,4,5). The molecular formula is C8H16N2O4S. The van der Waals surface area contributed by atoms with Gasteiger partial charge in [0.05, 0.1) is 13.2 Å². The first-order valence-electron chi connectivity index (χ1n) is 4.49. The summed E-state index contributed by atoms with van der Waals surface area (Å²) in [5.41, 5.74) is 0. The van der Waals surface area contributed by atoms with E-state index in [4.69, 9.17) is 4.55 Å². The van der Waals surface area contributed by atoms with Crippen molar-refractivity contribution >= 4 is 16.2 Å². The van der Waals surface area contributed by atoms with Crippen LogP contribution in [0.4, 0.5) is 0 Å². The molecule has 1 heterocycles. The molecule has 0 fully saturated rings. The van der Waals surface area contributed by atoms with Crippen molar-refractivity contribution in [1.29, 1.82) is 0 Å². The molecule has 7 heteroatoms. The van der Waals surface area contributed by atoms with Crippen molar-refractivity contribution < 1.29 is 17.2 Å². The third-order valence-corrected chi connectivity index (χ3v) is 1.88. The van der Waals surface area contributed by atoms with E-state index in [0.29, 0.717) is 0 Å². The maximum atomic E-state index is 9.56. The summed E-state index contributed by atoms with van der Waals surface area (Å²) in [6.07, 6.45) is 2.75. The van der Waals surface area contributed by atoms with Crippen molar-refractivity contribution in [3.8, 4) is 0 Å². The zero-order valence-corrected chi connectivity index (χ0v) is 9.46. The number of rotatable bonds is 4. The zero-order chi connectivity index (χ0) is 11.7. The van der Waals surface area contributed by atoms with Crippen molar-refractivity contribution in [3.05, 3.63) is 12.7 Å². The van der Waals surface area contributed by atoms with E-state index >= 15 is 0 Å². The van der Waals surface area contributed by atoms with Crippen LogP contribution >= 0.6 is 0 Å². The summed E-state index contributed by atoms with van der Waals surface area (Å²) in [5, 5.41) is 3.14. The molecule has 0 spiro atoms. The summed E-state index contributed by atoms with van der Waals surface area (Å²) >= 11 is 0. The van der Waals surface area contributed by atoms with Crippen molar-refractivity contribution in [2.24, 2.45) is 4.99 Å². The van der Waals surface area contributed by atoms with Gasteiger partial charge in [0, 0.05) is 13.0 Å². The number of aliphatic imine (C=N–C) groups is 1. The molecule has 0 aromatic carbocycles. The van der Waals surface area contributed by atoms with E-state index in [1.54, 1.807) is 0 Å². The van der Waals surface area contributed by atoms with E-state index in [9.17, 15) is 8.42 Å². The van der Waals surface area contributed by atoms with E-state index in [1.807, 2.05) is 6.08 Å². The second kappa shape index (κ2) is 7.38. The predicted octanol–water partition coefficient (Wildman–Crippen LogP) is 0.390. The molecule has 1 aliphatic rings. The van der Waals surface area contributed by atoms with Crippen LogP contribution in [0.5, 0.6) is 0 Å². The van der Waals surface area contributed by atoms with Gasteiger partial charge in [-0.1, -0.05) is 6.08 Å². The van der Waals surface area contributed by atoms with Crippen LogP contribution in [-0.2, 0) is 14.6 Å². The highest BCUT2D eigenvalue weighted by molar-refractivity contribution is 7.80. The van der Waals surface area contributed by atoms with Crippen LogP contribution in [0.15, 0.2) is 17.6 Å². The molecule has 15 heavy (non-hydrogen) atoms. The Hall–Kier alpha value is -0.920. The molecule has 6 nitrogen and oxygen atoms in total. The average Bonchev–Trinajstić information content (AvgIpc) is 2.56. The van der Waals surface area contributed by atoms with Crippen LogP contribution in [0.25, 0.3) is 0 Å². The lowest BCUT2D eigenvalue weighted by atomic mass is 10.4. The van der Waals surface area contributed by atoms with Gasteiger partial charge in [-0.25, -0.2) is 4.18 Å². The number of nitrogens with zero attached hydrogens (tertiary/aromatic N) is 1. The maximum Gasteiger partial charge on any atom is 0.397 e. The Morgan fingerprint density at radius 1 is 1.73 bits per heavy atom. The number of hydrogen-bond donors (Lipinski definition) is 2. The lowest BCUT2D eigenvalue weighted by Gasteiger charge is -1.93. The highest BCUT2D eigenvalue weighted by Gasteiger charge is 1.99. The lowest BCUT2D eigenvalue weighted by molar-refractivity contribution is 0.283. The van der Waals surface area contributed by atoms with Crippen molar-refractivity contribution in [2.75, 3.05) is 19.7 Å². The van der Waals surface area contributed by atoms with Gasteiger partial charge in [0.15, 0.2) is 0 Å². The van der Waals surface area contributed by atoms with Crippen LogP contribution in [0, 0.1) is 0 Å². The van der Waals surface area contributed by atoms with Crippen LogP contribution in [-0.4, -0.2) is 38.5 Å². The summed E-state index contributed by atoms with van der Waals surface area (Å²) < 4.78 is 30.7. The smallest absolute Gasteiger partial charge is 0.372 e. The van der Waals surface area contributed by atoms with Crippen LogP contribution in [0.3, 0.4) is 0 Å². The number of hydrogen-bond acceptors (Lipinski definition) is 5. The number of nitrogens with one attached hydrogen (secondary N) is 1. The van der Waals surface area contributed by atoms with Crippen molar-refractivity contribution in [3.63, 3.8) is 0 Å². The zero-order valence-electron chi connectivity index (χ0n) is 8.64. The second-order valence-electron chi connectivity index (χ2n) is 2.58. The van der Waals surface area contributed by atoms with Gasteiger partial charge < -0.3 is 5.32 Å². The number of amidine groups is 1. The summed E-state index contributed by atoms with van der Waals surface area (Å²) in [5.74, 6) is 1.08. The molecule has 0 amide bonds. The molecule has 0 saturated heterocycles. The van der Waals surface area contributed by atoms with Gasteiger partial charge in [0.25, 0.3) is 0 Å². The highest BCUT2D eigenvalue weighted by Crippen LogP contribution is 1.89. The molecule has 2 N–H and O–H groups in total. The Morgan fingerprint density at radius 2 is 2.40 bits per heavy atom. The van der Waals surface area contributed by atoms with Crippen molar-refractivity contribution in [2.45, 2.75) is 13.3 Å².